The van der Waals surface area contributed by atoms with E-state index >= 15 is 0 Å². The van der Waals surface area contributed by atoms with Gasteiger partial charge in [0, 0.05) is 24.4 Å². The Kier molecular flexibility index (Phi) is 16.4. The van der Waals surface area contributed by atoms with Crippen LogP contribution in [0, 0.1) is 17.9 Å². The molecule has 0 amide bonds. The van der Waals surface area contributed by atoms with Crippen LogP contribution in [0.1, 0.15) is 0 Å². The number of hydrogen-bond acceptors (Lipinski definition) is 0. The van der Waals surface area contributed by atoms with Gasteiger partial charge in [0.25, 0.3) is 0 Å². The molecule has 0 aromatic heterocycles. The van der Waals surface area contributed by atoms with Gasteiger partial charge in [0.15, 0.2) is 0 Å². The van der Waals surface area contributed by atoms with E-state index in [9.17, 15) is 0 Å². The summed E-state index contributed by atoms with van der Waals surface area (Å²) in [6.45, 7) is 0. The number of halogens is 6. The fraction of sp³-hybridized carbons (Fsp3) is 0. The molecular weight excluding hydrogens is 647 g/mol. The van der Waals surface area contributed by atoms with Crippen molar-refractivity contribution in [2.75, 3.05) is 0 Å². The molecule has 1 aromatic carbocycles. The Bertz CT molecular complexity index is 1010. The van der Waals surface area contributed by atoms with Crippen LogP contribution in [0.3, 0.4) is 0 Å². The van der Waals surface area contributed by atoms with Crippen LogP contribution in [-0.2, 0) is 0 Å². The fourth-order valence-electron chi connectivity index (χ4n) is 2.66. The first-order valence-electron chi connectivity index (χ1n) is 8.99. The SMILES string of the molecule is ClC1=C=C(Cl)C2=CC=CC=C[C]12.ClC1=C=C(Cl)C2=CC=CC=C[C]12.[Cl-].[Cl-].[Sb].[c]1ccccc1. The van der Waals surface area contributed by atoms with Gasteiger partial charge < -0.3 is 24.8 Å². The molecule has 0 spiro atoms. The molecule has 0 bridgehead atoms. The molecular formula is C26H15Cl6Sb-2. The Hall–Kier alpha value is -0.742. The zero-order chi connectivity index (χ0) is 21.3. The smallest absolute Gasteiger partial charge is 0.0882 e. The van der Waals surface area contributed by atoms with Gasteiger partial charge in [0.1, 0.15) is 0 Å². The van der Waals surface area contributed by atoms with E-state index in [1.54, 1.807) is 0 Å². The molecule has 0 heterocycles. The first-order chi connectivity index (χ1) is 14.6. The summed E-state index contributed by atoms with van der Waals surface area (Å²) in [6.07, 6.45) is 19.3. The van der Waals surface area contributed by atoms with Gasteiger partial charge in [-0.15, -0.1) is 0 Å². The standard InChI is InChI=1S/2C10H5Cl2.C6H5.2ClH.Sb/c2*11-9-6-10(12)8-5-3-1-2-4-7(8)9;1-2-4-6-5-3-1;;;/h2*1-5H;1-5H;2*1H;/p-2. The van der Waals surface area contributed by atoms with Crippen molar-refractivity contribution >= 4 is 70.8 Å². The van der Waals surface area contributed by atoms with E-state index in [-0.39, 0.29) is 49.2 Å². The summed E-state index contributed by atoms with van der Waals surface area (Å²) in [5, 5.41) is 2.36. The van der Waals surface area contributed by atoms with Crippen LogP contribution >= 0.6 is 46.4 Å². The monoisotopic (exact) mass is 658 g/mol. The van der Waals surface area contributed by atoms with Crippen molar-refractivity contribution in [2.24, 2.45) is 0 Å². The number of fused-ring (bicyclic) bond motifs is 2. The molecule has 0 nitrogen and oxygen atoms in total. The van der Waals surface area contributed by atoms with Crippen molar-refractivity contribution in [3.05, 3.63) is 152 Å². The average molecular weight is 662 g/mol. The summed E-state index contributed by atoms with van der Waals surface area (Å²) >= 11 is 23.6. The maximum Gasteiger partial charge on any atom is 0.0882 e. The predicted octanol–water partition coefficient (Wildman–Crippen LogP) is 2.06. The zero-order valence-electron chi connectivity index (χ0n) is 16.9. The Labute approximate surface area is 245 Å². The van der Waals surface area contributed by atoms with Gasteiger partial charge >= 0.3 is 0 Å². The topological polar surface area (TPSA) is 0 Å². The molecule has 7 heteroatoms. The van der Waals surface area contributed by atoms with Crippen LogP contribution < -0.4 is 24.8 Å². The summed E-state index contributed by atoms with van der Waals surface area (Å²) in [4.78, 5) is 0. The van der Waals surface area contributed by atoms with Gasteiger partial charge in [-0.25, -0.2) is 0 Å². The molecule has 0 N–H and O–H groups in total. The second-order valence-corrected chi connectivity index (χ2v) is 7.57. The molecule has 0 aliphatic heterocycles. The Balaban J connectivity index is 0.000000467. The number of hydrogen-bond donors (Lipinski definition) is 0. The zero-order valence-corrected chi connectivity index (χ0v) is 24.0. The van der Waals surface area contributed by atoms with E-state index < -0.39 is 0 Å². The molecule has 5 rings (SSSR count). The fourth-order valence-corrected chi connectivity index (χ4v) is 3.80. The molecule has 0 unspecified atom stereocenters. The van der Waals surface area contributed by atoms with Crippen molar-refractivity contribution in [1.29, 1.82) is 0 Å². The minimum Gasteiger partial charge on any atom is -1.00 e. The van der Waals surface area contributed by atoms with E-state index in [1.165, 1.54) is 0 Å². The summed E-state index contributed by atoms with van der Waals surface area (Å²) in [7, 11) is 0. The third-order valence-corrected chi connectivity index (χ3v) is 5.26. The van der Waals surface area contributed by atoms with E-state index in [0.29, 0.717) is 20.1 Å². The van der Waals surface area contributed by atoms with Gasteiger partial charge in [-0.2, -0.15) is 0 Å². The van der Waals surface area contributed by atoms with E-state index in [1.807, 2.05) is 91.1 Å². The molecule has 4 aliphatic rings. The summed E-state index contributed by atoms with van der Waals surface area (Å²) in [5.74, 6) is 1.90. The molecule has 0 saturated carbocycles. The molecule has 4 aliphatic carbocycles. The minimum atomic E-state index is 0. The first-order valence-corrected chi connectivity index (χ1v) is 10.5. The van der Waals surface area contributed by atoms with E-state index in [4.69, 9.17) is 46.4 Å². The summed E-state index contributed by atoms with van der Waals surface area (Å²) in [5.41, 5.74) is 7.62. The largest absolute Gasteiger partial charge is 1.00 e. The van der Waals surface area contributed by atoms with Crippen LogP contribution in [0.5, 0.6) is 0 Å². The summed E-state index contributed by atoms with van der Waals surface area (Å²) < 4.78 is 0. The predicted molar refractivity (Wildman–Crippen MR) is 135 cm³/mol. The van der Waals surface area contributed by atoms with Gasteiger partial charge in [0.05, 0.1) is 32.0 Å². The van der Waals surface area contributed by atoms with Crippen molar-refractivity contribution in [1.82, 2.24) is 0 Å². The van der Waals surface area contributed by atoms with Crippen LogP contribution in [0.2, 0.25) is 0 Å². The number of benzene rings is 1. The number of rotatable bonds is 0. The Morgan fingerprint density at radius 2 is 0.939 bits per heavy atom. The van der Waals surface area contributed by atoms with Gasteiger partial charge in [-0.05, 0) is 17.2 Å². The molecule has 0 atom stereocenters. The van der Waals surface area contributed by atoms with Crippen LogP contribution in [0.25, 0.3) is 0 Å². The van der Waals surface area contributed by atoms with E-state index in [2.05, 4.69) is 17.5 Å². The van der Waals surface area contributed by atoms with Gasteiger partial charge in [-0.1, -0.05) is 149 Å². The maximum absolute atomic E-state index is 5.90. The Morgan fingerprint density at radius 1 is 0.515 bits per heavy atom. The van der Waals surface area contributed by atoms with Crippen LogP contribution in [-0.4, -0.2) is 24.4 Å². The second kappa shape index (κ2) is 16.8. The second-order valence-electron chi connectivity index (χ2n) is 6.06. The normalized spacial score (nSPS) is 17.0. The molecule has 1 aromatic rings. The Morgan fingerprint density at radius 3 is 1.27 bits per heavy atom. The van der Waals surface area contributed by atoms with Crippen molar-refractivity contribution in [2.45, 2.75) is 0 Å². The van der Waals surface area contributed by atoms with E-state index in [0.717, 1.165) is 23.0 Å². The van der Waals surface area contributed by atoms with Gasteiger partial charge in [-0.3, -0.25) is 0 Å². The first kappa shape index (κ1) is 32.3. The molecule has 168 valence electrons. The van der Waals surface area contributed by atoms with Crippen LogP contribution in [0.15, 0.2) is 134 Å². The minimum absolute atomic E-state index is 0. The van der Waals surface area contributed by atoms with Crippen LogP contribution in [0.4, 0.5) is 0 Å². The van der Waals surface area contributed by atoms with Crippen molar-refractivity contribution < 1.29 is 24.8 Å². The quantitative estimate of drug-likeness (QED) is 0.295. The third-order valence-electron chi connectivity index (χ3n) is 4.07. The van der Waals surface area contributed by atoms with Crippen molar-refractivity contribution in [3.8, 4) is 0 Å². The third kappa shape index (κ3) is 9.43. The maximum atomic E-state index is 5.90. The molecule has 6 radical (unpaired) electrons. The average Bonchev–Trinajstić information content (AvgIpc) is 3.04. The van der Waals surface area contributed by atoms with Gasteiger partial charge in [0.2, 0.25) is 0 Å². The molecule has 0 saturated heterocycles. The number of allylic oxidation sites excluding steroid dienone is 14. The molecule has 0 fully saturated rings. The molecule has 33 heavy (non-hydrogen) atoms. The summed E-state index contributed by atoms with van der Waals surface area (Å²) in [6, 6.07) is 12.5. The van der Waals surface area contributed by atoms with Crippen molar-refractivity contribution in [3.63, 3.8) is 0 Å².